The van der Waals surface area contributed by atoms with Gasteiger partial charge in [-0.3, -0.25) is 0 Å². The lowest BCUT2D eigenvalue weighted by Crippen LogP contribution is -2.25. The van der Waals surface area contributed by atoms with Gasteiger partial charge in [-0.2, -0.15) is 0 Å². The summed E-state index contributed by atoms with van der Waals surface area (Å²) in [5.74, 6) is 0.991. The maximum atomic E-state index is 3.50. The molecule has 0 heterocycles. The third-order valence-corrected chi connectivity index (χ3v) is 4.65. The van der Waals surface area contributed by atoms with E-state index in [4.69, 9.17) is 0 Å². The molecule has 76 valence electrons. The van der Waals surface area contributed by atoms with Crippen LogP contribution in [0.1, 0.15) is 46.5 Å². The Morgan fingerprint density at radius 3 is 2.62 bits per heavy atom. The topological polar surface area (TPSA) is 12.0 Å². The van der Waals surface area contributed by atoms with Crippen molar-refractivity contribution >= 4 is 0 Å². The first kappa shape index (κ1) is 9.51. The van der Waals surface area contributed by atoms with E-state index in [-0.39, 0.29) is 0 Å². The van der Waals surface area contributed by atoms with Gasteiger partial charge in [0.1, 0.15) is 0 Å². The quantitative estimate of drug-likeness (QED) is 0.706. The van der Waals surface area contributed by atoms with Crippen LogP contribution in [0.15, 0.2) is 0 Å². The molecule has 1 N–H and O–H groups in total. The van der Waals surface area contributed by atoms with Gasteiger partial charge in [0.05, 0.1) is 0 Å². The summed E-state index contributed by atoms with van der Waals surface area (Å²) in [6.07, 6.45) is 5.91. The zero-order valence-corrected chi connectivity index (χ0v) is 9.32. The monoisotopic (exact) mass is 181 g/mol. The molecule has 0 aromatic heterocycles. The molecule has 0 aliphatic heterocycles. The Bertz CT molecular complexity index is 197. The van der Waals surface area contributed by atoms with Crippen molar-refractivity contribution in [1.82, 2.24) is 5.32 Å². The van der Waals surface area contributed by atoms with Crippen LogP contribution in [0.2, 0.25) is 0 Å². The fourth-order valence-corrected chi connectivity index (χ4v) is 3.54. The first-order valence-corrected chi connectivity index (χ1v) is 5.83. The largest absolute Gasteiger partial charge is 0.317 e. The van der Waals surface area contributed by atoms with Gasteiger partial charge < -0.3 is 5.32 Å². The normalized spacial score (nSPS) is 41.3. The second-order valence-electron chi connectivity index (χ2n) is 5.60. The Morgan fingerprint density at radius 1 is 1.31 bits per heavy atom. The van der Waals surface area contributed by atoms with Crippen molar-refractivity contribution in [3.63, 3.8) is 0 Å². The number of hydrogen-bond donors (Lipinski definition) is 1. The van der Waals surface area contributed by atoms with E-state index in [2.05, 4.69) is 26.1 Å². The van der Waals surface area contributed by atoms with Crippen molar-refractivity contribution in [3.8, 4) is 0 Å². The standard InChI is InChI=1S/C12H23N/c1-4-13-9-10-8-12(10)7-5-6-11(12,2)3/h10,13H,4-9H2,1-3H3. The Balaban J connectivity index is 1.94. The van der Waals surface area contributed by atoms with E-state index in [0.717, 1.165) is 17.9 Å². The molecule has 2 unspecified atom stereocenters. The number of rotatable bonds is 3. The summed E-state index contributed by atoms with van der Waals surface area (Å²) in [6.45, 7) is 9.56. The van der Waals surface area contributed by atoms with Crippen LogP contribution in [-0.2, 0) is 0 Å². The molecule has 1 spiro atoms. The molecule has 0 bridgehead atoms. The Kier molecular flexibility index (Phi) is 2.18. The van der Waals surface area contributed by atoms with Crippen LogP contribution in [0.4, 0.5) is 0 Å². The summed E-state index contributed by atoms with van der Waals surface area (Å²) >= 11 is 0. The SMILES string of the molecule is CCNCC1CC12CCCC2(C)C. The first-order chi connectivity index (χ1) is 6.12. The lowest BCUT2D eigenvalue weighted by atomic mass is 9.77. The summed E-state index contributed by atoms with van der Waals surface area (Å²) in [7, 11) is 0. The second kappa shape index (κ2) is 2.98. The zero-order valence-electron chi connectivity index (χ0n) is 9.32. The third kappa shape index (κ3) is 1.32. The highest BCUT2D eigenvalue weighted by atomic mass is 14.9. The van der Waals surface area contributed by atoms with Crippen LogP contribution >= 0.6 is 0 Å². The van der Waals surface area contributed by atoms with Gasteiger partial charge in [-0.05, 0) is 49.1 Å². The van der Waals surface area contributed by atoms with Crippen molar-refractivity contribution < 1.29 is 0 Å². The molecular weight excluding hydrogens is 158 g/mol. The molecule has 0 aromatic rings. The highest BCUT2D eigenvalue weighted by Gasteiger charge is 2.63. The Morgan fingerprint density at radius 2 is 2.08 bits per heavy atom. The molecular formula is C12H23N. The lowest BCUT2D eigenvalue weighted by Gasteiger charge is -2.28. The molecule has 2 rings (SSSR count). The minimum absolute atomic E-state index is 0.632. The predicted molar refractivity (Wildman–Crippen MR) is 56.7 cm³/mol. The van der Waals surface area contributed by atoms with Crippen molar-refractivity contribution in [1.29, 1.82) is 0 Å². The smallest absolute Gasteiger partial charge is 0.00149 e. The molecule has 0 amide bonds. The van der Waals surface area contributed by atoms with Crippen LogP contribution in [0, 0.1) is 16.7 Å². The average Bonchev–Trinajstić information content (AvgIpc) is 2.68. The van der Waals surface area contributed by atoms with Gasteiger partial charge >= 0.3 is 0 Å². The van der Waals surface area contributed by atoms with E-state index in [1.165, 1.54) is 32.2 Å². The molecule has 2 aliphatic carbocycles. The summed E-state index contributed by atoms with van der Waals surface area (Å²) in [6, 6.07) is 0. The third-order valence-electron chi connectivity index (χ3n) is 4.65. The van der Waals surface area contributed by atoms with Crippen molar-refractivity contribution in [2.75, 3.05) is 13.1 Å². The van der Waals surface area contributed by atoms with E-state index in [9.17, 15) is 0 Å². The van der Waals surface area contributed by atoms with Gasteiger partial charge in [-0.15, -0.1) is 0 Å². The molecule has 0 saturated heterocycles. The van der Waals surface area contributed by atoms with Crippen LogP contribution in [-0.4, -0.2) is 13.1 Å². The van der Waals surface area contributed by atoms with Gasteiger partial charge in [0.25, 0.3) is 0 Å². The van der Waals surface area contributed by atoms with E-state index >= 15 is 0 Å². The average molecular weight is 181 g/mol. The van der Waals surface area contributed by atoms with Crippen molar-refractivity contribution in [2.45, 2.75) is 46.5 Å². The minimum Gasteiger partial charge on any atom is -0.317 e. The van der Waals surface area contributed by atoms with Crippen LogP contribution in [0.5, 0.6) is 0 Å². The fraction of sp³-hybridized carbons (Fsp3) is 1.00. The molecule has 2 saturated carbocycles. The van der Waals surface area contributed by atoms with Crippen LogP contribution < -0.4 is 5.32 Å². The molecule has 2 fully saturated rings. The van der Waals surface area contributed by atoms with E-state index in [1.807, 2.05) is 0 Å². The number of hydrogen-bond acceptors (Lipinski definition) is 1. The number of nitrogens with one attached hydrogen (secondary N) is 1. The highest BCUT2D eigenvalue weighted by Crippen LogP contribution is 2.70. The molecule has 2 atom stereocenters. The predicted octanol–water partition coefficient (Wildman–Crippen LogP) is 2.81. The van der Waals surface area contributed by atoms with E-state index < -0.39 is 0 Å². The van der Waals surface area contributed by atoms with Gasteiger partial charge in [-0.1, -0.05) is 27.2 Å². The fourth-order valence-electron chi connectivity index (χ4n) is 3.54. The van der Waals surface area contributed by atoms with Crippen LogP contribution in [0.3, 0.4) is 0 Å². The maximum Gasteiger partial charge on any atom is -0.00149 e. The maximum absolute atomic E-state index is 3.50. The molecule has 1 nitrogen and oxygen atoms in total. The highest BCUT2D eigenvalue weighted by molar-refractivity contribution is 5.13. The van der Waals surface area contributed by atoms with E-state index in [1.54, 1.807) is 0 Å². The van der Waals surface area contributed by atoms with Gasteiger partial charge in [0.15, 0.2) is 0 Å². The molecule has 13 heavy (non-hydrogen) atoms. The van der Waals surface area contributed by atoms with Gasteiger partial charge in [0.2, 0.25) is 0 Å². The summed E-state index contributed by atoms with van der Waals surface area (Å²) in [5.41, 5.74) is 1.38. The van der Waals surface area contributed by atoms with Crippen molar-refractivity contribution in [3.05, 3.63) is 0 Å². The van der Waals surface area contributed by atoms with E-state index in [0.29, 0.717) is 5.41 Å². The molecule has 0 radical (unpaired) electrons. The van der Waals surface area contributed by atoms with Crippen LogP contribution in [0.25, 0.3) is 0 Å². The van der Waals surface area contributed by atoms with Crippen molar-refractivity contribution in [2.24, 2.45) is 16.7 Å². The lowest BCUT2D eigenvalue weighted by molar-refractivity contribution is 0.212. The zero-order chi connectivity index (χ0) is 9.53. The second-order valence-corrected chi connectivity index (χ2v) is 5.60. The first-order valence-electron chi connectivity index (χ1n) is 5.83. The summed E-state index contributed by atoms with van der Waals surface area (Å²) in [4.78, 5) is 0. The van der Waals surface area contributed by atoms with Gasteiger partial charge in [0, 0.05) is 0 Å². The molecule has 0 aromatic carbocycles. The minimum atomic E-state index is 0.632. The summed E-state index contributed by atoms with van der Waals surface area (Å²) in [5, 5.41) is 3.50. The Hall–Kier alpha value is -0.0400. The molecule has 2 aliphatic rings. The van der Waals surface area contributed by atoms with Gasteiger partial charge in [-0.25, -0.2) is 0 Å². The Labute approximate surface area is 82.3 Å². The molecule has 1 heteroatoms. The summed E-state index contributed by atoms with van der Waals surface area (Å²) < 4.78 is 0.